The van der Waals surface area contributed by atoms with E-state index in [4.69, 9.17) is 11.0 Å². The number of hydrogen-bond acceptors (Lipinski definition) is 5. The van der Waals surface area contributed by atoms with Crippen molar-refractivity contribution in [1.29, 1.82) is 5.26 Å². The van der Waals surface area contributed by atoms with Crippen LogP contribution in [0.1, 0.15) is 31.9 Å². The predicted molar refractivity (Wildman–Crippen MR) is 97.4 cm³/mol. The van der Waals surface area contributed by atoms with Gasteiger partial charge in [0.25, 0.3) is 5.91 Å². The van der Waals surface area contributed by atoms with Gasteiger partial charge in [-0.1, -0.05) is 26.0 Å². The Morgan fingerprint density at radius 3 is 2.71 bits per heavy atom. The van der Waals surface area contributed by atoms with Crippen molar-refractivity contribution in [3.8, 4) is 17.3 Å². The van der Waals surface area contributed by atoms with E-state index >= 15 is 0 Å². The van der Waals surface area contributed by atoms with E-state index in [0.29, 0.717) is 10.8 Å². The highest BCUT2D eigenvalue weighted by Gasteiger charge is 2.12. The Morgan fingerprint density at radius 1 is 1.38 bits per heavy atom. The molecule has 1 aromatic heterocycles. The zero-order valence-electron chi connectivity index (χ0n) is 14.0. The molecule has 1 heterocycles. The average molecular weight is 340 g/mol. The maximum Gasteiger partial charge on any atom is 0.261 e. The maximum atomic E-state index is 11.2. The zero-order valence-corrected chi connectivity index (χ0v) is 14.8. The molecule has 0 fully saturated rings. The minimum atomic E-state index is -0.747. The fourth-order valence-electron chi connectivity index (χ4n) is 2.39. The van der Waals surface area contributed by atoms with E-state index in [0.717, 1.165) is 24.1 Å². The second-order valence-electron chi connectivity index (χ2n) is 5.34. The fourth-order valence-corrected chi connectivity index (χ4v) is 3.16. The molecule has 1 aromatic carbocycles. The minimum absolute atomic E-state index is 0.0889. The Labute approximate surface area is 145 Å². The summed E-state index contributed by atoms with van der Waals surface area (Å²) in [6.07, 6.45) is 1.90. The summed E-state index contributed by atoms with van der Waals surface area (Å²) in [4.78, 5) is 15.8. The number of primary amides is 1. The van der Waals surface area contributed by atoms with Crippen LogP contribution >= 0.6 is 11.3 Å². The Bertz CT molecular complexity index is 830. The number of allylic oxidation sites excluding steroid dienone is 1. The van der Waals surface area contributed by atoms with Gasteiger partial charge in [0, 0.05) is 16.6 Å². The van der Waals surface area contributed by atoms with Gasteiger partial charge in [0.15, 0.2) is 5.13 Å². The summed E-state index contributed by atoms with van der Waals surface area (Å²) in [6.45, 7) is 5.88. The van der Waals surface area contributed by atoms with Crippen molar-refractivity contribution in [2.75, 3.05) is 5.32 Å². The van der Waals surface area contributed by atoms with Crippen LogP contribution < -0.4 is 11.1 Å². The van der Waals surface area contributed by atoms with Crippen molar-refractivity contribution < 1.29 is 4.79 Å². The molecular weight excluding hydrogens is 320 g/mol. The highest BCUT2D eigenvalue weighted by atomic mass is 32.1. The van der Waals surface area contributed by atoms with Gasteiger partial charge in [-0.05, 0) is 37.0 Å². The van der Waals surface area contributed by atoms with Crippen molar-refractivity contribution in [3.63, 3.8) is 0 Å². The molecule has 0 spiro atoms. The number of aryl methyl sites for hydroxylation is 2. The van der Waals surface area contributed by atoms with Gasteiger partial charge in [-0.25, -0.2) is 4.98 Å². The number of thiazole rings is 1. The third kappa shape index (κ3) is 3.81. The lowest BCUT2D eigenvalue weighted by Crippen LogP contribution is -2.16. The second kappa shape index (κ2) is 7.75. The van der Waals surface area contributed by atoms with E-state index in [1.165, 1.54) is 22.5 Å². The molecule has 0 atom stereocenters. The SMILES string of the molecule is CCc1ccc(CC)c(-c2csc(N/C(C)=C(/C#N)C(N)=O)n2)c1. The highest BCUT2D eigenvalue weighted by Crippen LogP contribution is 2.30. The molecule has 0 unspecified atom stereocenters. The maximum absolute atomic E-state index is 11.2. The summed E-state index contributed by atoms with van der Waals surface area (Å²) < 4.78 is 0. The number of amides is 1. The number of nitriles is 1. The van der Waals surface area contributed by atoms with Gasteiger partial charge in [0.05, 0.1) is 5.69 Å². The summed E-state index contributed by atoms with van der Waals surface area (Å²) >= 11 is 1.43. The molecule has 0 aliphatic heterocycles. The highest BCUT2D eigenvalue weighted by molar-refractivity contribution is 7.14. The first kappa shape index (κ1) is 17.7. The number of aromatic nitrogens is 1. The van der Waals surface area contributed by atoms with Gasteiger partial charge >= 0.3 is 0 Å². The summed E-state index contributed by atoms with van der Waals surface area (Å²) in [5.74, 6) is -0.747. The predicted octanol–water partition coefficient (Wildman–Crippen LogP) is 3.63. The van der Waals surface area contributed by atoms with Crippen LogP contribution in [-0.4, -0.2) is 10.9 Å². The lowest BCUT2D eigenvalue weighted by atomic mass is 9.99. The molecule has 1 amide bonds. The first-order valence-corrected chi connectivity index (χ1v) is 8.63. The monoisotopic (exact) mass is 340 g/mol. The largest absolute Gasteiger partial charge is 0.365 e. The van der Waals surface area contributed by atoms with Crippen molar-refractivity contribution in [2.24, 2.45) is 5.73 Å². The minimum Gasteiger partial charge on any atom is -0.365 e. The van der Waals surface area contributed by atoms with Crippen LogP contribution in [0.5, 0.6) is 0 Å². The number of nitrogens with zero attached hydrogens (tertiary/aromatic N) is 2. The molecule has 5 nitrogen and oxygen atoms in total. The molecule has 0 saturated heterocycles. The number of carbonyl (C=O) groups excluding carboxylic acids is 1. The molecule has 3 N–H and O–H groups in total. The van der Waals surface area contributed by atoms with E-state index in [2.05, 4.69) is 42.3 Å². The van der Waals surface area contributed by atoms with E-state index in [-0.39, 0.29) is 5.57 Å². The smallest absolute Gasteiger partial charge is 0.261 e. The Morgan fingerprint density at radius 2 is 2.12 bits per heavy atom. The molecule has 0 radical (unpaired) electrons. The number of nitrogens with two attached hydrogens (primary N) is 1. The number of anilines is 1. The second-order valence-corrected chi connectivity index (χ2v) is 6.20. The summed E-state index contributed by atoms with van der Waals surface area (Å²) in [7, 11) is 0. The van der Waals surface area contributed by atoms with Gasteiger partial charge < -0.3 is 11.1 Å². The van der Waals surface area contributed by atoms with Crippen LogP contribution in [0, 0.1) is 11.3 Å². The number of carbonyl (C=O) groups is 1. The number of hydrogen-bond donors (Lipinski definition) is 2. The van der Waals surface area contributed by atoms with Gasteiger partial charge in [0.1, 0.15) is 11.6 Å². The molecule has 24 heavy (non-hydrogen) atoms. The van der Waals surface area contributed by atoms with E-state index in [9.17, 15) is 4.79 Å². The zero-order chi connectivity index (χ0) is 17.7. The molecule has 2 rings (SSSR count). The van der Waals surface area contributed by atoms with Crippen molar-refractivity contribution in [1.82, 2.24) is 4.98 Å². The van der Waals surface area contributed by atoms with Gasteiger partial charge in [-0.15, -0.1) is 11.3 Å². The van der Waals surface area contributed by atoms with Crippen LogP contribution in [0.15, 0.2) is 34.8 Å². The molecule has 0 aliphatic rings. The molecule has 124 valence electrons. The lowest BCUT2D eigenvalue weighted by molar-refractivity contribution is -0.114. The molecule has 0 aliphatic carbocycles. The van der Waals surface area contributed by atoms with Gasteiger partial charge in [-0.3, -0.25) is 4.79 Å². The topological polar surface area (TPSA) is 91.8 Å². The quantitative estimate of drug-likeness (QED) is 0.620. The lowest BCUT2D eigenvalue weighted by Gasteiger charge is -2.08. The van der Waals surface area contributed by atoms with E-state index in [1.807, 2.05) is 11.4 Å². The van der Waals surface area contributed by atoms with Crippen LogP contribution in [0.25, 0.3) is 11.3 Å². The Kier molecular flexibility index (Phi) is 5.72. The number of nitrogens with one attached hydrogen (secondary N) is 1. The van der Waals surface area contributed by atoms with E-state index in [1.54, 1.807) is 6.92 Å². The van der Waals surface area contributed by atoms with Gasteiger partial charge in [-0.2, -0.15) is 5.26 Å². The third-order valence-electron chi connectivity index (χ3n) is 3.77. The van der Waals surface area contributed by atoms with Crippen molar-refractivity contribution in [3.05, 3.63) is 46.0 Å². The third-order valence-corrected chi connectivity index (χ3v) is 4.53. The summed E-state index contributed by atoms with van der Waals surface area (Å²) in [6, 6.07) is 8.27. The molecule has 0 saturated carbocycles. The number of rotatable bonds is 6. The molecule has 6 heteroatoms. The first-order chi connectivity index (χ1) is 11.5. The summed E-state index contributed by atoms with van der Waals surface area (Å²) in [5, 5.41) is 14.6. The van der Waals surface area contributed by atoms with Crippen LogP contribution in [0.2, 0.25) is 0 Å². The molecule has 2 aromatic rings. The summed E-state index contributed by atoms with van der Waals surface area (Å²) in [5.41, 5.74) is 10.0. The van der Waals surface area contributed by atoms with Crippen LogP contribution in [0.3, 0.4) is 0 Å². The first-order valence-electron chi connectivity index (χ1n) is 7.75. The number of benzene rings is 1. The van der Waals surface area contributed by atoms with Crippen molar-refractivity contribution >= 4 is 22.4 Å². The fraction of sp³-hybridized carbons (Fsp3) is 0.278. The average Bonchev–Trinajstić information content (AvgIpc) is 3.02. The van der Waals surface area contributed by atoms with Crippen LogP contribution in [0.4, 0.5) is 5.13 Å². The standard InChI is InChI=1S/C18H20N4OS/c1-4-12-6-7-13(5-2)14(8-12)16-10-24-18(22-16)21-11(3)15(9-19)17(20)23/h6-8,10H,4-5H2,1-3H3,(H2,20,23)(H,21,22)/b15-11-. The molecule has 0 bridgehead atoms. The Hall–Kier alpha value is -2.65. The van der Waals surface area contributed by atoms with Gasteiger partial charge in [0.2, 0.25) is 0 Å². The Balaban J connectivity index is 2.35. The van der Waals surface area contributed by atoms with Crippen molar-refractivity contribution in [2.45, 2.75) is 33.6 Å². The normalized spacial score (nSPS) is 11.6. The van der Waals surface area contributed by atoms with Crippen LogP contribution in [-0.2, 0) is 17.6 Å². The molecular formula is C18H20N4OS. The van der Waals surface area contributed by atoms with E-state index < -0.39 is 5.91 Å².